The third-order valence-electron chi connectivity index (χ3n) is 4.25. The molecule has 0 radical (unpaired) electrons. The van der Waals surface area contributed by atoms with Crippen LogP contribution in [0.25, 0.3) is 0 Å². The van der Waals surface area contributed by atoms with Crippen LogP contribution in [0.4, 0.5) is 0 Å². The van der Waals surface area contributed by atoms with Crippen molar-refractivity contribution in [2.75, 3.05) is 26.2 Å². The lowest BCUT2D eigenvalue weighted by Gasteiger charge is -2.34. The van der Waals surface area contributed by atoms with Crippen molar-refractivity contribution in [2.45, 2.75) is 13.1 Å². The zero-order chi connectivity index (χ0) is 16.1. The molecule has 5 heteroatoms. The molecule has 1 aliphatic heterocycles. The average Bonchev–Trinajstić information content (AvgIpc) is 2.63. The van der Waals surface area contributed by atoms with Crippen molar-refractivity contribution in [2.24, 2.45) is 5.73 Å². The van der Waals surface area contributed by atoms with Crippen molar-refractivity contribution in [1.82, 2.24) is 14.8 Å². The molecule has 2 aromatic rings. The maximum absolute atomic E-state index is 12.5. The van der Waals surface area contributed by atoms with E-state index in [1.807, 2.05) is 53.7 Å². The monoisotopic (exact) mass is 310 g/mol. The van der Waals surface area contributed by atoms with Gasteiger partial charge >= 0.3 is 0 Å². The minimum absolute atomic E-state index is 0.108. The third kappa shape index (κ3) is 3.94. The molecule has 23 heavy (non-hydrogen) atoms. The van der Waals surface area contributed by atoms with Gasteiger partial charge in [0.25, 0.3) is 5.91 Å². The number of piperazine rings is 1. The van der Waals surface area contributed by atoms with E-state index in [0.717, 1.165) is 43.9 Å². The van der Waals surface area contributed by atoms with E-state index >= 15 is 0 Å². The fourth-order valence-electron chi connectivity index (χ4n) is 2.82. The number of benzene rings is 1. The van der Waals surface area contributed by atoms with Crippen LogP contribution in [-0.2, 0) is 13.1 Å². The van der Waals surface area contributed by atoms with E-state index in [0.29, 0.717) is 6.54 Å². The van der Waals surface area contributed by atoms with Crippen LogP contribution >= 0.6 is 0 Å². The third-order valence-corrected chi connectivity index (χ3v) is 4.25. The fourth-order valence-corrected chi connectivity index (χ4v) is 2.82. The van der Waals surface area contributed by atoms with Gasteiger partial charge in [-0.3, -0.25) is 14.7 Å². The Morgan fingerprint density at radius 3 is 2.22 bits per heavy atom. The predicted molar refractivity (Wildman–Crippen MR) is 89.8 cm³/mol. The number of pyridine rings is 1. The highest BCUT2D eigenvalue weighted by Gasteiger charge is 2.22. The second-order valence-corrected chi connectivity index (χ2v) is 5.82. The van der Waals surface area contributed by atoms with Crippen LogP contribution in [0.15, 0.2) is 48.8 Å². The Kier molecular flexibility index (Phi) is 5.00. The Morgan fingerprint density at radius 1 is 0.957 bits per heavy atom. The molecule has 0 bridgehead atoms. The Balaban J connectivity index is 1.54. The second-order valence-electron chi connectivity index (χ2n) is 5.82. The van der Waals surface area contributed by atoms with Crippen LogP contribution in [-0.4, -0.2) is 46.9 Å². The SMILES string of the molecule is NCc1ccc(C(=O)N2CCN(Cc3ccncc3)CC2)cc1. The van der Waals surface area contributed by atoms with Gasteiger partial charge in [-0.25, -0.2) is 0 Å². The number of amides is 1. The van der Waals surface area contributed by atoms with Crippen LogP contribution in [0.5, 0.6) is 0 Å². The van der Waals surface area contributed by atoms with Gasteiger partial charge in [0.15, 0.2) is 0 Å². The topological polar surface area (TPSA) is 62.5 Å². The van der Waals surface area contributed by atoms with Crippen molar-refractivity contribution >= 4 is 5.91 Å². The van der Waals surface area contributed by atoms with Gasteiger partial charge in [0, 0.05) is 57.2 Å². The molecule has 1 aromatic heterocycles. The molecule has 0 saturated carbocycles. The van der Waals surface area contributed by atoms with Crippen molar-refractivity contribution in [3.63, 3.8) is 0 Å². The Hall–Kier alpha value is -2.24. The number of aromatic nitrogens is 1. The smallest absolute Gasteiger partial charge is 0.253 e. The molecule has 1 amide bonds. The molecule has 1 aliphatic rings. The first kappa shape index (κ1) is 15.6. The van der Waals surface area contributed by atoms with Gasteiger partial charge in [0.2, 0.25) is 0 Å². The molecule has 0 atom stereocenters. The molecule has 5 nitrogen and oxygen atoms in total. The molecule has 0 aliphatic carbocycles. The van der Waals surface area contributed by atoms with E-state index in [1.165, 1.54) is 5.56 Å². The van der Waals surface area contributed by atoms with Crippen molar-refractivity contribution in [1.29, 1.82) is 0 Å². The standard InChI is InChI=1S/C18H22N4O/c19-13-15-1-3-17(4-2-15)18(23)22-11-9-21(10-12-22)14-16-5-7-20-8-6-16/h1-8H,9-14,19H2. The summed E-state index contributed by atoms with van der Waals surface area (Å²) in [6.07, 6.45) is 3.64. The van der Waals surface area contributed by atoms with Crippen LogP contribution in [0.2, 0.25) is 0 Å². The molecular formula is C18H22N4O. The maximum atomic E-state index is 12.5. The van der Waals surface area contributed by atoms with E-state index in [4.69, 9.17) is 5.73 Å². The molecule has 1 saturated heterocycles. The molecular weight excluding hydrogens is 288 g/mol. The second kappa shape index (κ2) is 7.35. The summed E-state index contributed by atoms with van der Waals surface area (Å²) in [5.74, 6) is 0.108. The van der Waals surface area contributed by atoms with E-state index in [2.05, 4.69) is 9.88 Å². The Bertz CT molecular complexity index is 634. The summed E-state index contributed by atoms with van der Waals surface area (Å²) in [6.45, 7) is 4.74. The van der Waals surface area contributed by atoms with Crippen LogP contribution < -0.4 is 5.73 Å². The van der Waals surface area contributed by atoms with Crippen molar-refractivity contribution in [3.8, 4) is 0 Å². The highest BCUT2D eigenvalue weighted by atomic mass is 16.2. The summed E-state index contributed by atoms with van der Waals surface area (Å²) in [6, 6.07) is 11.7. The fraction of sp³-hybridized carbons (Fsp3) is 0.333. The first-order valence-electron chi connectivity index (χ1n) is 7.96. The lowest BCUT2D eigenvalue weighted by Crippen LogP contribution is -2.48. The molecule has 1 fully saturated rings. The number of hydrogen-bond acceptors (Lipinski definition) is 4. The molecule has 1 aromatic carbocycles. The largest absolute Gasteiger partial charge is 0.336 e. The number of rotatable bonds is 4. The van der Waals surface area contributed by atoms with Gasteiger partial charge in [0.1, 0.15) is 0 Å². The lowest BCUT2D eigenvalue weighted by atomic mass is 10.1. The van der Waals surface area contributed by atoms with Crippen LogP contribution in [0.1, 0.15) is 21.5 Å². The highest BCUT2D eigenvalue weighted by molar-refractivity contribution is 5.94. The summed E-state index contributed by atoms with van der Waals surface area (Å²) < 4.78 is 0. The van der Waals surface area contributed by atoms with E-state index in [1.54, 1.807) is 0 Å². The lowest BCUT2D eigenvalue weighted by molar-refractivity contribution is 0.0628. The normalized spacial score (nSPS) is 15.6. The molecule has 3 rings (SSSR count). The van der Waals surface area contributed by atoms with Gasteiger partial charge in [-0.2, -0.15) is 0 Å². The first-order chi connectivity index (χ1) is 11.3. The predicted octanol–water partition coefficient (Wildman–Crippen LogP) is 1.50. The summed E-state index contributed by atoms with van der Waals surface area (Å²) in [4.78, 5) is 20.9. The summed E-state index contributed by atoms with van der Waals surface area (Å²) in [5, 5.41) is 0. The van der Waals surface area contributed by atoms with Crippen molar-refractivity contribution in [3.05, 3.63) is 65.5 Å². The number of nitrogens with two attached hydrogens (primary N) is 1. The number of carbonyl (C=O) groups excluding carboxylic acids is 1. The highest BCUT2D eigenvalue weighted by Crippen LogP contribution is 2.12. The first-order valence-corrected chi connectivity index (χ1v) is 7.96. The average molecular weight is 310 g/mol. The van der Waals surface area contributed by atoms with Crippen LogP contribution in [0.3, 0.4) is 0 Å². The van der Waals surface area contributed by atoms with Gasteiger partial charge in [0.05, 0.1) is 0 Å². The quantitative estimate of drug-likeness (QED) is 0.929. The number of nitrogens with zero attached hydrogens (tertiary/aromatic N) is 3. The number of carbonyl (C=O) groups is 1. The van der Waals surface area contributed by atoms with Crippen LogP contribution in [0, 0.1) is 0 Å². The van der Waals surface area contributed by atoms with E-state index in [9.17, 15) is 4.79 Å². The van der Waals surface area contributed by atoms with Gasteiger partial charge in [-0.05, 0) is 35.4 Å². The molecule has 2 N–H and O–H groups in total. The van der Waals surface area contributed by atoms with Crippen molar-refractivity contribution < 1.29 is 4.79 Å². The van der Waals surface area contributed by atoms with E-state index < -0.39 is 0 Å². The van der Waals surface area contributed by atoms with Gasteiger partial charge < -0.3 is 10.6 Å². The molecule has 2 heterocycles. The van der Waals surface area contributed by atoms with Gasteiger partial charge in [-0.15, -0.1) is 0 Å². The Labute approximate surface area is 136 Å². The summed E-state index contributed by atoms with van der Waals surface area (Å²) in [5.41, 5.74) is 8.64. The zero-order valence-corrected chi connectivity index (χ0v) is 13.2. The molecule has 0 unspecified atom stereocenters. The number of hydrogen-bond donors (Lipinski definition) is 1. The minimum Gasteiger partial charge on any atom is -0.336 e. The zero-order valence-electron chi connectivity index (χ0n) is 13.2. The van der Waals surface area contributed by atoms with E-state index in [-0.39, 0.29) is 5.91 Å². The maximum Gasteiger partial charge on any atom is 0.253 e. The summed E-state index contributed by atoms with van der Waals surface area (Å²) >= 11 is 0. The van der Waals surface area contributed by atoms with Gasteiger partial charge in [-0.1, -0.05) is 12.1 Å². The Morgan fingerprint density at radius 2 is 1.61 bits per heavy atom. The molecule has 120 valence electrons. The summed E-state index contributed by atoms with van der Waals surface area (Å²) in [7, 11) is 0. The molecule has 0 spiro atoms. The minimum atomic E-state index is 0.108.